The average Bonchev–Trinajstić information content (AvgIpc) is 3.61. The van der Waals surface area contributed by atoms with E-state index in [9.17, 15) is 40.9 Å². The number of carbonyl (C=O) groups excluding carboxylic acids is 1. The second-order valence-electron chi connectivity index (χ2n) is 13.8. The van der Waals surface area contributed by atoms with Crippen LogP contribution in [0.2, 0.25) is 0 Å². The molecule has 286 valence electrons. The van der Waals surface area contributed by atoms with Crippen LogP contribution in [0.4, 0.5) is 11.4 Å². The number of fused-ring (bicyclic) bond motifs is 2. The topological polar surface area (TPSA) is 196 Å². The van der Waals surface area contributed by atoms with Gasteiger partial charge in [-0.25, -0.2) is 4.79 Å². The summed E-state index contributed by atoms with van der Waals surface area (Å²) in [5, 5.41) is 19.5. The van der Waals surface area contributed by atoms with E-state index in [-0.39, 0.29) is 16.2 Å². The van der Waals surface area contributed by atoms with Gasteiger partial charge in [0.05, 0.1) is 15.2 Å². The molecule has 0 saturated heterocycles. The second kappa shape index (κ2) is 15.1. The van der Waals surface area contributed by atoms with Crippen molar-refractivity contribution in [1.82, 2.24) is 4.73 Å². The number of benzene rings is 2. The fourth-order valence-electron chi connectivity index (χ4n) is 7.25. The monoisotopic (exact) mass is 772 g/mol. The third-order valence-corrected chi connectivity index (χ3v) is 11.8. The molecular weight excluding hydrogens is 727 g/mol. The average molecular weight is 773 g/mol. The summed E-state index contributed by atoms with van der Waals surface area (Å²) in [5.74, 6) is -1.43. The van der Waals surface area contributed by atoms with Crippen LogP contribution in [0.3, 0.4) is 0 Å². The van der Waals surface area contributed by atoms with E-state index in [2.05, 4.69) is 9.48 Å². The zero-order valence-electron chi connectivity index (χ0n) is 30.3. The van der Waals surface area contributed by atoms with E-state index in [0.717, 1.165) is 28.3 Å². The number of anilines is 1. The molecule has 14 nitrogen and oxygen atoms in total. The molecule has 1 unspecified atom stereocenters. The van der Waals surface area contributed by atoms with Crippen molar-refractivity contribution in [3.8, 4) is 11.8 Å². The molecule has 1 atom stereocenters. The Balaban J connectivity index is 1.46. The Kier molecular flexibility index (Phi) is 11.3. The van der Waals surface area contributed by atoms with Crippen molar-refractivity contribution >= 4 is 43.3 Å². The minimum Gasteiger partial charge on any atom is -0.492 e. The predicted molar refractivity (Wildman–Crippen MR) is 197 cm³/mol. The largest absolute Gasteiger partial charge is 0.492 e. The normalized spacial score (nSPS) is 19.0. The maximum atomic E-state index is 12.4. The standard InChI is InChI=1S/C37H45N3O11S2/c1-6-38-29-16-14-25(52(44,45)46)23-27(29)36(2,3)31(38)11-10-12-32-37(4,20-22-50-5)28-24-26(53(47,48)49)15-17-30(28)39(32)21-9-7-8-13-35(43)51-40-33(41)18-19-34(40)42/h10-12,14-19,23-24H,6-9,13,20-22H2,1-5H3,(H3-,41,42,44,45,46,47,48,49)/p+1. The number of nitrogens with zero attached hydrogens (tertiary/aromatic N) is 3. The van der Waals surface area contributed by atoms with Crippen molar-refractivity contribution in [2.24, 2.45) is 0 Å². The third kappa shape index (κ3) is 7.92. The van der Waals surface area contributed by atoms with Crippen LogP contribution < -0.4 is 9.74 Å². The lowest BCUT2D eigenvalue weighted by atomic mass is 9.78. The summed E-state index contributed by atoms with van der Waals surface area (Å²) in [5.41, 5.74) is 3.46. The molecule has 4 N–H and O–H groups in total. The predicted octanol–water partition coefficient (Wildman–Crippen LogP) is 5.26. The summed E-state index contributed by atoms with van der Waals surface area (Å²) < 4.78 is 76.3. The number of hydrogen-bond acceptors (Lipinski definition) is 10. The van der Waals surface area contributed by atoms with Crippen molar-refractivity contribution in [2.45, 2.75) is 80.4 Å². The quantitative estimate of drug-likeness (QED) is 0.0891. The number of unbranched alkanes of at least 4 members (excludes halogenated alkanes) is 2. The molecule has 5 rings (SSSR count). The number of aromatic nitrogens is 1. The number of ether oxygens (including phenoxy) is 1. The molecule has 3 aromatic rings. The van der Waals surface area contributed by atoms with Gasteiger partial charge in [0.15, 0.2) is 5.71 Å². The van der Waals surface area contributed by atoms with Gasteiger partial charge in [-0.15, -0.1) is 4.73 Å². The van der Waals surface area contributed by atoms with Gasteiger partial charge in [-0.2, -0.15) is 21.4 Å². The maximum absolute atomic E-state index is 12.4. The van der Waals surface area contributed by atoms with Crippen LogP contribution in [0.1, 0.15) is 70.9 Å². The van der Waals surface area contributed by atoms with Crippen LogP contribution in [0.15, 0.2) is 82.2 Å². The molecule has 2 aliphatic rings. The van der Waals surface area contributed by atoms with Gasteiger partial charge in [-0.05, 0) is 88.9 Å². The van der Waals surface area contributed by atoms with Crippen LogP contribution >= 0.6 is 0 Å². The molecule has 2 aromatic carbocycles. The summed E-state index contributed by atoms with van der Waals surface area (Å²) in [7, 11) is -7.32. The smallest absolute Gasteiger partial charge is 0.333 e. The number of hydrogen-bond donors (Lipinski definition) is 4. The molecule has 0 radical (unpaired) electrons. The van der Waals surface area contributed by atoms with E-state index < -0.39 is 48.8 Å². The Morgan fingerprint density at radius 2 is 1.51 bits per heavy atom. The molecule has 0 bridgehead atoms. The lowest BCUT2D eigenvalue weighted by Crippen LogP contribution is -2.30. The van der Waals surface area contributed by atoms with Gasteiger partial charge in [0, 0.05) is 73.3 Å². The number of carbonyl (C=O) groups is 1. The Labute approximate surface area is 309 Å². The summed E-state index contributed by atoms with van der Waals surface area (Å²) in [6, 6.07) is 11.5. The first-order valence-corrected chi connectivity index (χ1v) is 20.1. The lowest BCUT2D eigenvalue weighted by Gasteiger charge is -2.30. The van der Waals surface area contributed by atoms with E-state index in [1.165, 1.54) is 36.4 Å². The summed E-state index contributed by atoms with van der Waals surface area (Å²) in [4.78, 5) is 19.1. The highest BCUT2D eigenvalue weighted by Crippen LogP contribution is 2.51. The highest BCUT2D eigenvalue weighted by Gasteiger charge is 2.46. The van der Waals surface area contributed by atoms with Crippen LogP contribution in [-0.2, 0) is 40.6 Å². The van der Waals surface area contributed by atoms with Crippen LogP contribution in [0.25, 0.3) is 0 Å². The first-order valence-electron chi connectivity index (χ1n) is 17.2. The zero-order valence-corrected chi connectivity index (χ0v) is 31.9. The van der Waals surface area contributed by atoms with Crippen molar-refractivity contribution in [3.63, 3.8) is 0 Å². The van der Waals surface area contributed by atoms with Crippen LogP contribution in [-0.4, -0.2) is 83.9 Å². The van der Waals surface area contributed by atoms with Crippen molar-refractivity contribution in [1.29, 1.82) is 0 Å². The van der Waals surface area contributed by atoms with Crippen LogP contribution in [0.5, 0.6) is 11.8 Å². The van der Waals surface area contributed by atoms with Crippen molar-refractivity contribution in [3.05, 3.63) is 83.6 Å². The number of aromatic hydroxyl groups is 2. The number of allylic oxidation sites excluding steroid dienone is 4. The van der Waals surface area contributed by atoms with Gasteiger partial charge >= 0.3 is 5.97 Å². The second-order valence-corrected chi connectivity index (χ2v) is 16.7. The molecule has 0 spiro atoms. The van der Waals surface area contributed by atoms with Gasteiger partial charge in [0.1, 0.15) is 6.54 Å². The Morgan fingerprint density at radius 3 is 2.11 bits per heavy atom. The molecule has 2 aliphatic heterocycles. The minimum absolute atomic E-state index is 0.0405. The minimum atomic E-state index is -4.50. The highest BCUT2D eigenvalue weighted by atomic mass is 32.2. The molecule has 0 fully saturated rings. The van der Waals surface area contributed by atoms with Gasteiger partial charge in [0.2, 0.25) is 17.4 Å². The molecule has 0 amide bonds. The van der Waals surface area contributed by atoms with Crippen molar-refractivity contribution < 1.29 is 55.1 Å². The molecule has 16 heteroatoms. The van der Waals surface area contributed by atoms with E-state index in [1.807, 2.05) is 45.9 Å². The van der Waals surface area contributed by atoms with Gasteiger partial charge in [-0.3, -0.25) is 9.11 Å². The number of rotatable bonds is 15. The molecule has 53 heavy (non-hydrogen) atoms. The summed E-state index contributed by atoms with van der Waals surface area (Å²) in [6.07, 6.45) is 8.10. The Bertz CT molecular complexity index is 2200. The summed E-state index contributed by atoms with van der Waals surface area (Å²) >= 11 is 0. The number of methoxy groups -OCH3 is 1. The van der Waals surface area contributed by atoms with Crippen molar-refractivity contribution in [2.75, 3.05) is 31.7 Å². The molecule has 3 heterocycles. The SMILES string of the molecule is CC[N+]1=C(C=CC=C2N(CCCCCC(=O)On3c(O)ccc3O)c3ccc(S(=O)(=O)O)cc3C2(C)CCOC)C(C)(C)c2cc(S(=O)(=O)O)ccc21. The fourth-order valence-corrected chi connectivity index (χ4v) is 8.26. The van der Waals surface area contributed by atoms with Crippen LogP contribution in [0, 0.1) is 0 Å². The van der Waals surface area contributed by atoms with E-state index in [1.54, 1.807) is 19.2 Å². The van der Waals surface area contributed by atoms with Gasteiger partial charge in [0.25, 0.3) is 20.2 Å². The van der Waals surface area contributed by atoms with E-state index in [4.69, 9.17) is 9.57 Å². The zero-order chi connectivity index (χ0) is 38.9. The molecule has 0 saturated carbocycles. The van der Waals surface area contributed by atoms with E-state index >= 15 is 0 Å². The van der Waals surface area contributed by atoms with Gasteiger partial charge < -0.3 is 24.7 Å². The van der Waals surface area contributed by atoms with E-state index in [0.29, 0.717) is 55.7 Å². The van der Waals surface area contributed by atoms with Gasteiger partial charge in [-0.1, -0.05) is 12.5 Å². The summed E-state index contributed by atoms with van der Waals surface area (Å²) in [6.45, 7) is 9.42. The first kappa shape index (κ1) is 39.7. The molecular formula is C37H46N3O11S2+. The molecule has 1 aromatic heterocycles. The first-order chi connectivity index (χ1) is 24.8. The fraction of sp³-hybridized carbons (Fsp3) is 0.405. The molecule has 0 aliphatic carbocycles. The third-order valence-electron chi connectivity index (χ3n) is 10.1. The Morgan fingerprint density at radius 1 is 0.887 bits per heavy atom. The maximum Gasteiger partial charge on any atom is 0.333 e. The lowest BCUT2D eigenvalue weighted by molar-refractivity contribution is -0.433. The highest BCUT2D eigenvalue weighted by molar-refractivity contribution is 7.86. The Hall–Kier alpha value is -4.48.